The number of hydrogen-bond acceptors (Lipinski definition) is 5. The van der Waals surface area contributed by atoms with Crippen molar-refractivity contribution in [3.63, 3.8) is 0 Å². The van der Waals surface area contributed by atoms with Gasteiger partial charge in [0.25, 0.3) is 0 Å². The predicted molar refractivity (Wildman–Crippen MR) is 99.4 cm³/mol. The second kappa shape index (κ2) is 7.45. The normalized spacial score (nSPS) is 19.5. The molecular weight excluding hydrogens is 331 g/mol. The summed E-state index contributed by atoms with van der Waals surface area (Å²) in [6.07, 6.45) is 0. The third kappa shape index (κ3) is 4.13. The number of nitrogens with zero attached hydrogens (tertiary/aromatic N) is 4. The van der Waals surface area contributed by atoms with Crippen molar-refractivity contribution < 1.29 is 8.91 Å². The van der Waals surface area contributed by atoms with Gasteiger partial charge >= 0.3 is 0 Å². The van der Waals surface area contributed by atoms with Crippen LogP contribution in [0.5, 0.6) is 0 Å². The highest BCUT2D eigenvalue weighted by atomic mass is 19.1. The SMILES string of the molecule is C[C@H](c1cccc(F)c1)N1CCN([C@@H](C)c2nc(C(C)(C)C)no2)CC1. The van der Waals surface area contributed by atoms with Crippen LogP contribution in [0.15, 0.2) is 28.8 Å². The Morgan fingerprint density at radius 3 is 2.19 bits per heavy atom. The zero-order chi connectivity index (χ0) is 18.9. The van der Waals surface area contributed by atoms with Gasteiger partial charge in [0.2, 0.25) is 5.89 Å². The maximum atomic E-state index is 13.5. The summed E-state index contributed by atoms with van der Waals surface area (Å²) in [6.45, 7) is 14.2. The zero-order valence-electron chi connectivity index (χ0n) is 16.4. The summed E-state index contributed by atoms with van der Waals surface area (Å²) in [5, 5.41) is 4.14. The molecule has 26 heavy (non-hydrogen) atoms. The minimum absolute atomic E-state index is 0.102. The Morgan fingerprint density at radius 2 is 1.65 bits per heavy atom. The van der Waals surface area contributed by atoms with E-state index in [1.54, 1.807) is 12.1 Å². The predicted octanol–water partition coefficient (Wildman–Crippen LogP) is 3.95. The van der Waals surface area contributed by atoms with Gasteiger partial charge in [0.1, 0.15) is 5.82 Å². The molecule has 2 atom stereocenters. The molecule has 0 saturated carbocycles. The molecule has 6 heteroatoms. The average molecular weight is 360 g/mol. The summed E-state index contributed by atoms with van der Waals surface area (Å²) in [5.41, 5.74) is 0.916. The average Bonchev–Trinajstić information content (AvgIpc) is 3.11. The van der Waals surface area contributed by atoms with Gasteiger partial charge < -0.3 is 4.52 Å². The maximum absolute atomic E-state index is 13.5. The van der Waals surface area contributed by atoms with E-state index in [2.05, 4.69) is 54.6 Å². The molecular formula is C20H29FN4O. The highest BCUT2D eigenvalue weighted by molar-refractivity contribution is 5.19. The summed E-state index contributed by atoms with van der Waals surface area (Å²) in [7, 11) is 0. The first-order valence-electron chi connectivity index (χ1n) is 9.33. The van der Waals surface area contributed by atoms with Crippen molar-refractivity contribution in [3.05, 3.63) is 47.4 Å². The molecule has 1 aliphatic rings. The monoisotopic (exact) mass is 360 g/mol. The number of hydrogen-bond donors (Lipinski definition) is 0. The fourth-order valence-corrected chi connectivity index (χ4v) is 3.35. The number of benzene rings is 1. The molecule has 0 aliphatic carbocycles. The van der Waals surface area contributed by atoms with Crippen LogP contribution in [0.2, 0.25) is 0 Å². The van der Waals surface area contributed by atoms with Crippen LogP contribution < -0.4 is 0 Å². The molecule has 2 heterocycles. The molecule has 0 bridgehead atoms. The molecule has 1 aromatic carbocycles. The van der Waals surface area contributed by atoms with E-state index >= 15 is 0 Å². The maximum Gasteiger partial charge on any atom is 0.243 e. The first kappa shape index (κ1) is 19.0. The highest BCUT2D eigenvalue weighted by Gasteiger charge is 2.29. The van der Waals surface area contributed by atoms with Crippen LogP contribution in [0.4, 0.5) is 4.39 Å². The number of aromatic nitrogens is 2. The van der Waals surface area contributed by atoms with Gasteiger partial charge in [0.05, 0.1) is 6.04 Å². The molecule has 0 spiro atoms. The van der Waals surface area contributed by atoms with E-state index in [1.165, 1.54) is 6.07 Å². The van der Waals surface area contributed by atoms with Crippen LogP contribution >= 0.6 is 0 Å². The first-order chi connectivity index (χ1) is 12.3. The van der Waals surface area contributed by atoms with Gasteiger partial charge in [-0.2, -0.15) is 4.98 Å². The Morgan fingerprint density at radius 1 is 1.04 bits per heavy atom. The van der Waals surface area contributed by atoms with E-state index in [0.29, 0.717) is 5.89 Å². The van der Waals surface area contributed by atoms with Gasteiger partial charge in [-0.3, -0.25) is 9.80 Å². The van der Waals surface area contributed by atoms with Crippen LogP contribution in [-0.4, -0.2) is 46.1 Å². The first-order valence-corrected chi connectivity index (χ1v) is 9.33. The lowest BCUT2D eigenvalue weighted by Gasteiger charge is -2.39. The van der Waals surface area contributed by atoms with Crippen LogP contribution in [0, 0.1) is 5.82 Å². The Labute approximate surface area is 155 Å². The van der Waals surface area contributed by atoms with Crippen LogP contribution in [0.3, 0.4) is 0 Å². The molecule has 2 aromatic rings. The smallest absolute Gasteiger partial charge is 0.243 e. The highest BCUT2D eigenvalue weighted by Crippen LogP contribution is 2.27. The Bertz CT molecular complexity index is 731. The summed E-state index contributed by atoms with van der Waals surface area (Å²) in [6, 6.07) is 7.21. The lowest BCUT2D eigenvalue weighted by molar-refractivity contribution is 0.0677. The largest absolute Gasteiger partial charge is 0.338 e. The summed E-state index contributed by atoms with van der Waals surface area (Å²) >= 11 is 0. The van der Waals surface area contributed by atoms with E-state index in [0.717, 1.165) is 37.6 Å². The Hall–Kier alpha value is -1.79. The Kier molecular flexibility index (Phi) is 5.44. The van der Waals surface area contributed by atoms with E-state index in [9.17, 15) is 4.39 Å². The van der Waals surface area contributed by atoms with Crippen molar-refractivity contribution in [1.82, 2.24) is 19.9 Å². The fourth-order valence-electron chi connectivity index (χ4n) is 3.35. The van der Waals surface area contributed by atoms with Crippen molar-refractivity contribution in [2.45, 2.75) is 52.1 Å². The minimum Gasteiger partial charge on any atom is -0.338 e. The second-order valence-electron chi connectivity index (χ2n) is 8.19. The molecule has 1 saturated heterocycles. The molecule has 1 aliphatic heterocycles. The Balaban J connectivity index is 1.60. The van der Waals surface area contributed by atoms with Gasteiger partial charge in [-0.1, -0.05) is 38.1 Å². The lowest BCUT2D eigenvalue weighted by atomic mass is 9.96. The van der Waals surface area contributed by atoms with Crippen molar-refractivity contribution in [2.75, 3.05) is 26.2 Å². The number of piperazine rings is 1. The van der Waals surface area contributed by atoms with Crippen LogP contribution in [-0.2, 0) is 5.41 Å². The van der Waals surface area contributed by atoms with E-state index < -0.39 is 0 Å². The van der Waals surface area contributed by atoms with Crippen molar-refractivity contribution in [2.24, 2.45) is 0 Å². The third-order valence-corrected chi connectivity index (χ3v) is 5.25. The van der Waals surface area contributed by atoms with Gasteiger partial charge in [0, 0.05) is 37.6 Å². The van der Waals surface area contributed by atoms with Crippen molar-refractivity contribution in [1.29, 1.82) is 0 Å². The fraction of sp³-hybridized carbons (Fsp3) is 0.600. The number of halogens is 1. The zero-order valence-corrected chi connectivity index (χ0v) is 16.4. The van der Waals surface area contributed by atoms with E-state index in [1.807, 2.05) is 6.07 Å². The van der Waals surface area contributed by atoms with Gasteiger partial charge in [-0.15, -0.1) is 0 Å². The van der Waals surface area contributed by atoms with Gasteiger partial charge in [-0.25, -0.2) is 4.39 Å². The number of rotatable bonds is 4. The molecule has 1 aromatic heterocycles. The molecule has 0 unspecified atom stereocenters. The van der Waals surface area contributed by atoms with Crippen LogP contribution in [0.25, 0.3) is 0 Å². The minimum atomic E-state index is -0.173. The lowest BCUT2D eigenvalue weighted by Crippen LogP contribution is -2.47. The van der Waals surface area contributed by atoms with E-state index in [4.69, 9.17) is 4.52 Å². The molecule has 0 N–H and O–H groups in total. The molecule has 142 valence electrons. The van der Waals surface area contributed by atoms with Crippen molar-refractivity contribution in [3.8, 4) is 0 Å². The standard InChI is InChI=1S/C20H29FN4O/c1-14(16-7-6-8-17(21)13-16)24-9-11-25(12-10-24)15(2)18-22-19(23-26-18)20(3,4)5/h6-8,13-15H,9-12H2,1-5H3/t14-,15+/m1/s1. The third-order valence-electron chi connectivity index (χ3n) is 5.25. The summed E-state index contributed by atoms with van der Waals surface area (Å²) in [4.78, 5) is 9.36. The quantitative estimate of drug-likeness (QED) is 0.826. The van der Waals surface area contributed by atoms with Gasteiger partial charge in [0.15, 0.2) is 5.82 Å². The second-order valence-corrected chi connectivity index (χ2v) is 8.19. The van der Waals surface area contributed by atoms with E-state index in [-0.39, 0.29) is 23.3 Å². The molecule has 5 nitrogen and oxygen atoms in total. The summed E-state index contributed by atoms with van der Waals surface area (Å²) in [5.74, 6) is 1.26. The molecule has 3 rings (SSSR count). The van der Waals surface area contributed by atoms with Crippen molar-refractivity contribution >= 4 is 0 Å². The molecule has 0 amide bonds. The molecule has 1 fully saturated rings. The van der Waals surface area contributed by atoms with Crippen LogP contribution in [0.1, 0.15) is 64.0 Å². The van der Waals surface area contributed by atoms with Gasteiger partial charge in [-0.05, 0) is 31.5 Å². The molecule has 0 radical (unpaired) electrons. The summed E-state index contributed by atoms with van der Waals surface area (Å²) < 4.78 is 19.0. The topological polar surface area (TPSA) is 45.4 Å².